The number of nitrogens with two attached hydrogens (primary N) is 1. The smallest absolute Gasteiger partial charge is 0.252 e. The monoisotopic (exact) mass is 284 g/mol. The summed E-state index contributed by atoms with van der Waals surface area (Å²) < 4.78 is 0. The van der Waals surface area contributed by atoms with Gasteiger partial charge in [0, 0.05) is 12.1 Å². The van der Waals surface area contributed by atoms with Crippen molar-refractivity contribution in [2.75, 3.05) is 6.54 Å². The van der Waals surface area contributed by atoms with Gasteiger partial charge in [-0.3, -0.25) is 4.79 Å². The zero-order valence-electron chi connectivity index (χ0n) is 12.3. The van der Waals surface area contributed by atoms with Gasteiger partial charge in [-0.1, -0.05) is 30.3 Å². The average Bonchev–Trinajstić information content (AvgIpc) is 2.47. The highest BCUT2D eigenvalue weighted by Crippen LogP contribution is 2.21. The maximum absolute atomic E-state index is 12.5. The molecule has 2 aromatic carbocycles. The third kappa shape index (κ3) is 3.23. The fourth-order valence-corrected chi connectivity index (χ4v) is 2.27. The molecule has 4 heteroatoms. The molecule has 0 fully saturated rings. The van der Waals surface area contributed by atoms with Crippen LogP contribution in [0, 0.1) is 6.92 Å². The Morgan fingerprint density at radius 3 is 2.48 bits per heavy atom. The van der Waals surface area contributed by atoms with E-state index in [0.29, 0.717) is 12.1 Å². The minimum atomic E-state index is -0.636. The van der Waals surface area contributed by atoms with Crippen molar-refractivity contribution >= 4 is 5.91 Å². The Morgan fingerprint density at radius 1 is 1.24 bits per heavy atom. The van der Waals surface area contributed by atoms with Crippen LogP contribution in [0.5, 0.6) is 5.75 Å². The summed E-state index contributed by atoms with van der Waals surface area (Å²) in [4.78, 5) is 12.5. The molecular weight excluding hydrogens is 264 g/mol. The molecule has 0 aliphatic heterocycles. The number of hydrogen-bond donors (Lipinski definition) is 3. The predicted molar refractivity (Wildman–Crippen MR) is 83.2 cm³/mol. The Labute approximate surface area is 124 Å². The number of nitrogens with one attached hydrogen (secondary N) is 1. The first-order chi connectivity index (χ1) is 9.96. The molecule has 110 valence electrons. The lowest BCUT2D eigenvalue weighted by Crippen LogP contribution is -2.48. The minimum absolute atomic E-state index is 0.147. The number of hydrogen-bond acceptors (Lipinski definition) is 3. The van der Waals surface area contributed by atoms with Crippen molar-refractivity contribution in [1.82, 2.24) is 5.32 Å². The third-order valence-corrected chi connectivity index (χ3v) is 3.66. The molecule has 21 heavy (non-hydrogen) atoms. The average molecular weight is 284 g/mol. The second kappa shape index (κ2) is 5.97. The summed E-state index contributed by atoms with van der Waals surface area (Å²) in [5, 5.41) is 12.4. The van der Waals surface area contributed by atoms with Gasteiger partial charge in [0.1, 0.15) is 5.75 Å². The van der Waals surface area contributed by atoms with E-state index < -0.39 is 5.54 Å². The van der Waals surface area contributed by atoms with Gasteiger partial charge in [0.05, 0.1) is 5.54 Å². The van der Waals surface area contributed by atoms with Crippen molar-refractivity contribution in [3.8, 4) is 5.75 Å². The van der Waals surface area contributed by atoms with Gasteiger partial charge in [-0.2, -0.15) is 0 Å². The number of phenols is 1. The Kier molecular flexibility index (Phi) is 4.29. The number of carbonyl (C=O) groups excluding carboxylic acids is 1. The van der Waals surface area contributed by atoms with Gasteiger partial charge in [0.15, 0.2) is 0 Å². The van der Waals surface area contributed by atoms with Crippen molar-refractivity contribution in [1.29, 1.82) is 0 Å². The van der Waals surface area contributed by atoms with E-state index >= 15 is 0 Å². The normalized spacial score (nSPS) is 13.5. The molecule has 1 amide bonds. The Morgan fingerprint density at radius 2 is 1.90 bits per heavy atom. The predicted octanol–water partition coefficient (Wildman–Crippen LogP) is 2.30. The molecule has 0 aliphatic rings. The molecule has 0 radical (unpaired) electrons. The molecule has 0 saturated heterocycles. The van der Waals surface area contributed by atoms with Crippen LogP contribution in [-0.2, 0) is 5.54 Å². The van der Waals surface area contributed by atoms with Crippen LogP contribution in [0.2, 0.25) is 0 Å². The number of amides is 1. The lowest BCUT2D eigenvalue weighted by atomic mass is 9.91. The Hall–Kier alpha value is -2.33. The second-order valence-corrected chi connectivity index (χ2v) is 5.36. The van der Waals surface area contributed by atoms with Crippen molar-refractivity contribution in [2.24, 2.45) is 5.73 Å². The fourth-order valence-electron chi connectivity index (χ4n) is 2.27. The molecule has 0 spiro atoms. The molecule has 0 aromatic heterocycles. The number of phenolic OH excluding ortho intramolecular Hbond substituents is 1. The largest absolute Gasteiger partial charge is 0.508 e. The van der Waals surface area contributed by atoms with Crippen LogP contribution >= 0.6 is 0 Å². The number of aromatic hydroxyl groups is 1. The molecule has 0 heterocycles. The van der Waals surface area contributed by atoms with Crippen molar-refractivity contribution in [2.45, 2.75) is 19.4 Å². The van der Waals surface area contributed by atoms with Crippen molar-refractivity contribution in [3.05, 3.63) is 65.2 Å². The standard InChI is InChI=1S/C17H20N2O2/c1-12-10-14(20)8-9-15(12)16(21)19-17(2,11-18)13-6-4-3-5-7-13/h3-10,20H,11,18H2,1-2H3,(H,19,21). The van der Waals surface area contributed by atoms with Crippen LogP contribution in [0.1, 0.15) is 28.4 Å². The van der Waals surface area contributed by atoms with Gasteiger partial charge < -0.3 is 16.2 Å². The van der Waals surface area contributed by atoms with E-state index in [4.69, 9.17) is 5.73 Å². The topological polar surface area (TPSA) is 75.3 Å². The lowest BCUT2D eigenvalue weighted by molar-refractivity contribution is 0.0907. The molecule has 2 aromatic rings. The Bertz CT molecular complexity index is 640. The van der Waals surface area contributed by atoms with E-state index in [-0.39, 0.29) is 11.7 Å². The van der Waals surface area contributed by atoms with Crippen LogP contribution < -0.4 is 11.1 Å². The second-order valence-electron chi connectivity index (χ2n) is 5.36. The third-order valence-electron chi connectivity index (χ3n) is 3.66. The lowest BCUT2D eigenvalue weighted by Gasteiger charge is -2.30. The van der Waals surface area contributed by atoms with E-state index in [1.54, 1.807) is 19.1 Å². The molecular formula is C17H20N2O2. The fraction of sp³-hybridized carbons (Fsp3) is 0.235. The number of carbonyl (C=O) groups is 1. The Balaban J connectivity index is 2.28. The summed E-state index contributed by atoms with van der Waals surface area (Å²) in [7, 11) is 0. The molecule has 0 aliphatic carbocycles. The van der Waals surface area contributed by atoms with Crippen LogP contribution in [-0.4, -0.2) is 17.6 Å². The van der Waals surface area contributed by atoms with Crippen molar-refractivity contribution < 1.29 is 9.90 Å². The zero-order chi connectivity index (χ0) is 15.5. The number of rotatable bonds is 4. The number of benzene rings is 2. The summed E-state index contributed by atoms with van der Waals surface area (Å²) in [6.07, 6.45) is 0. The first-order valence-electron chi connectivity index (χ1n) is 6.84. The van der Waals surface area contributed by atoms with Crippen molar-refractivity contribution in [3.63, 3.8) is 0 Å². The number of aryl methyl sites for hydroxylation is 1. The van der Waals surface area contributed by atoms with E-state index in [2.05, 4.69) is 5.32 Å². The highest BCUT2D eigenvalue weighted by Gasteiger charge is 2.27. The first-order valence-corrected chi connectivity index (χ1v) is 6.84. The molecule has 0 bridgehead atoms. The quantitative estimate of drug-likeness (QED) is 0.806. The van der Waals surface area contributed by atoms with Crippen LogP contribution in [0.15, 0.2) is 48.5 Å². The molecule has 1 atom stereocenters. The van der Waals surface area contributed by atoms with E-state index in [9.17, 15) is 9.90 Å². The first kappa shape index (κ1) is 15.1. The molecule has 2 rings (SSSR count). The summed E-state index contributed by atoms with van der Waals surface area (Å²) in [5.41, 5.74) is 7.45. The van der Waals surface area contributed by atoms with Gasteiger partial charge in [-0.15, -0.1) is 0 Å². The summed E-state index contributed by atoms with van der Waals surface area (Å²) in [5.74, 6) is -0.0574. The summed E-state index contributed by atoms with van der Waals surface area (Å²) >= 11 is 0. The maximum atomic E-state index is 12.5. The highest BCUT2D eigenvalue weighted by atomic mass is 16.3. The SMILES string of the molecule is Cc1cc(O)ccc1C(=O)NC(C)(CN)c1ccccc1. The minimum Gasteiger partial charge on any atom is -0.508 e. The van der Waals surface area contributed by atoms with Gasteiger partial charge in [0.25, 0.3) is 5.91 Å². The summed E-state index contributed by atoms with van der Waals surface area (Å²) in [6, 6.07) is 14.3. The maximum Gasteiger partial charge on any atom is 0.252 e. The van der Waals surface area contributed by atoms with Gasteiger partial charge in [0.2, 0.25) is 0 Å². The highest BCUT2D eigenvalue weighted by molar-refractivity contribution is 5.96. The molecule has 4 N–H and O–H groups in total. The van der Waals surface area contributed by atoms with Gasteiger partial charge >= 0.3 is 0 Å². The molecule has 4 nitrogen and oxygen atoms in total. The molecule has 1 unspecified atom stereocenters. The van der Waals surface area contributed by atoms with Crippen LogP contribution in [0.4, 0.5) is 0 Å². The van der Waals surface area contributed by atoms with E-state index in [0.717, 1.165) is 11.1 Å². The van der Waals surface area contributed by atoms with E-state index in [1.807, 2.05) is 37.3 Å². The zero-order valence-corrected chi connectivity index (χ0v) is 12.3. The van der Waals surface area contributed by atoms with Gasteiger partial charge in [-0.05, 0) is 43.2 Å². The van der Waals surface area contributed by atoms with Crippen LogP contribution in [0.3, 0.4) is 0 Å². The molecule has 0 saturated carbocycles. The summed E-state index contributed by atoms with van der Waals surface area (Å²) in [6.45, 7) is 3.98. The van der Waals surface area contributed by atoms with Gasteiger partial charge in [-0.25, -0.2) is 0 Å². The van der Waals surface area contributed by atoms with E-state index in [1.165, 1.54) is 6.07 Å². The van der Waals surface area contributed by atoms with Crippen LogP contribution in [0.25, 0.3) is 0 Å².